The lowest BCUT2D eigenvalue weighted by molar-refractivity contribution is -0.198. The van der Waals surface area contributed by atoms with Crippen molar-refractivity contribution >= 4 is 17.7 Å². The number of anilines is 1. The molecule has 1 amide bonds. The largest absolute Gasteiger partial charge is 0.381 e. The highest BCUT2D eigenvalue weighted by molar-refractivity contribution is 5.91. The van der Waals surface area contributed by atoms with Gasteiger partial charge in [0.25, 0.3) is 5.91 Å². The summed E-state index contributed by atoms with van der Waals surface area (Å²) in [6.07, 6.45) is 6.97. The molecule has 2 aromatic rings. The Kier molecular flexibility index (Phi) is 7.71. The lowest BCUT2D eigenvalue weighted by Crippen LogP contribution is -2.32. The molecule has 2 aromatic carbocycles. The Balaban J connectivity index is 1.19. The molecule has 6 heteroatoms. The molecule has 2 N–H and O–H groups in total. The second-order valence-corrected chi connectivity index (χ2v) is 8.19. The van der Waals surface area contributed by atoms with E-state index in [9.17, 15) is 4.79 Å². The van der Waals surface area contributed by atoms with Crippen molar-refractivity contribution in [2.75, 3.05) is 25.0 Å². The number of hydroxylamine groups is 1. The maximum Gasteiger partial charge on any atom is 0.267 e. The molecule has 0 aliphatic carbocycles. The zero-order chi connectivity index (χ0) is 21.3. The van der Waals surface area contributed by atoms with E-state index in [0.717, 1.165) is 56.6 Å². The lowest BCUT2D eigenvalue weighted by atomic mass is 10.1. The maximum atomic E-state index is 11.9. The minimum absolute atomic E-state index is 0.291. The minimum atomic E-state index is -0.337. The molecule has 0 aromatic heterocycles. The quantitative estimate of drug-likeness (QED) is 0.499. The highest BCUT2D eigenvalue weighted by atomic mass is 16.8. The van der Waals surface area contributed by atoms with Crippen LogP contribution in [0.1, 0.15) is 36.8 Å². The molecule has 0 radical (unpaired) electrons. The third kappa shape index (κ3) is 6.92. The standard InChI is InChI=1S/C25H31N3O3/c29-24(27-31-25-8-4-5-17-30-25)14-11-20-9-12-22(13-10-20)26-23-15-16-28(19-23)18-21-6-2-1-3-7-21/h1-3,6-7,9-14,23,25-26H,4-5,8,15-19H2,(H,27,29)/t23-,25?/m1/s1. The number of nitrogens with zero attached hydrogens (tertiary/aromatic N) is 1. The van der Waals surface area contributed by atoms with Crippen molar-refractivity contribution in [1.29, 1.82) is 0 Å². The third-order valence-electron chi connectivity index (χ3n) is 5.66. The van der Waals surface area contributed by atoms with Crippen LogP contribution >= 0.6 is 0 Å². The van der Waals surface area contributed by atoms with E-state index >= 15 is 0 Å². The number of ether oxygens (including phenoxy) is 1. The normalized spacial score (nSPS) is 21.9. The summed E-state index contributed by atoms with van der Waals surface area (Å²) in [7, 11) is 0. The van der Waals surface area contributed by atoms with Gasteiger partial charge in [0.05, 0.1) is 0 Å². The van der Waals surface area contributed by atoms with Gasteiger partial charge in [-0.1, -0.05) is 42.5 Å². The fraction of sp³-hybridized carbons (Fsp3) is 0.400. The third-order valence-corrected chi connectivity index (χ3v) is 5.66. The Morgan fingerprint density at radius 1 is 1.10 bits per heavy atom. The van der Waals surface area contributed by atoms with Gasteiger partial charge in [0.15, 0.2) is 6.29 Å². The van der Waals surface area contributed by atoms with E-state index in [1.165, 1.54) is 11.6 Å². The molecule has 0 saturated carbocycles. The van der Waals surface area contributed by atoms with Crippen LogP contribution in [0.4, 0.5) is 5.69 Å². The molecule has 164 valence electrons. The van der Waals surface area contributed by atoms with E-state index in [4.69, 9.17) is 9.57 Å². The molecule has 2 atom stereocenters. The molecule has 2 aliphatic rings. The topological polar surface area (TPSA) is 62.8 Å². The smallest absolute Gasteiger partial charge is 0.267 e. The molecule has 2 fully saturated rings. The molecule has 1 unspecified atom stereocenters. The van der Waals surface area contributed by atoms with Crippen LogP contribution in [0.3, 0.4) is 0 Å². The predicted octanol–water partition coefficient (Wildman–Crippen LogP) is 3.96. The highest BCUT2D eigenvalue weighted by Gasteiger charge is 2.22. The molecule has 31 heavy (non-hydrogen) atoms. The zero-order valence-electron chi connectivity index (χ0n) is 17.8. The Labute approximate surface area is 184 Å². The van der Waals surface area contributed by atoms with Crippen LogP contribution < -0.4 is 10.8 Å². The molecule has 2 aliphatic heterocycles. The second-order valence-electron chi connectivity index (χ2n) is 8.19. The van der Waals surface area contributed by atoms with Gasteiger partial charge in [0, 0.05) is 50.5 Å². The van der Waals surface area contributed by atoms with Crippen molar-refractivity contribution in [1.82, 2.24) is 10.4 Å². The molecule has 2 heterocycles. The number of carbonyl (C=O) groups excluding carboxylic acids is 1. The van der Waals surface area contributed by atoms with Crippen molar-refractivity contribution < 1.29 is 14.4 Å². The van der Waals surface area contributed by atoms with E-state index in [2.05, 4.69) is 58.2 Å². The van der Waals surface area contributed by atoms with Gasteiger partial charge in [0.2, 0.25) is 0 Å². The molecular weight excluding hydrogens is 390 g/mol. The fourth-order valence-electron chi connectivity index (χ4n) is 4.00. The highest BCUT2D eigenvalue weighted by Crippen LogP contribution is 2.19. The number of hydrogen-bond donors (Lipinski definition) is 2. The second kappa shape index (κ2) is 11.1. The Bertz CT molecular complexity index is 848. The molecule has 6 nitrogen and oxygen atoms in total. The predicted molar refractivity (Wildman–Crippen MR) is 122 cm³/mol. The number of amides is 1. The van der Waals surface area contributed by atoms with Gasteiger partial charge in [-0.2, -0.15) is 0 Å². The first kappa shape index (κ1) is 21.6. The maximum absolute atomic E-state index is 11.9. The van der Waals surface area contributed by atoms with Crippen molar-refractivity contribution in [3.8, 4) is 0 Å². The number of benzene rings is 2. The Morgan fingerprint density at radius 3 is 2.71 bits per heavy atom. The van der Waals surface area contributed by atoms with Crippen molar-refractivity contribution in [2.45, 2.75) is 44.6 Å². The first-order chi connectivity index (χ1) is 15.2. The van der Waals surface area contributed by atoms with Crippen LogP contribution in [0.15, 0.2) is 60.7 Å². The number of carbonyl (C=O) groups is 1. The number of rotatable bonds is 8. The summed E-state index contributed by atoms with van der Waals surface area (Å²) in [5.41, 5.74) is 5.86. The van der Waals surface area contributed by atoms with Gasteiger partial charge >= 0.3 is 0 Å². The summed E-state index contributed by atoms with van der Waals surface area (Å²) in [6.45, 7) is 3.84. The summed E-state index contributed by atoms with van der Waals surface area (Å²) in [5.74, 6) is -0.291. The average molecular weight is 422 g/mol. The zero-order valence-corrected chi connectivity index (χ0v) is 17.8. The van der Waals surface area contributed by atoms with Gasteiger partial charge in [-0.15, -0.1) is 0 Å². The number of hydrogen-bond acceptors (Lipinski definition) is 5. The van der Waals surface area contributed by atoms with E-state index in [1.807, 2.05) is 12.1 Å². The molecule has 0 spiro atoms. The summed E-state index contributed by atoms with van der Waals surface area (Å²) in [6, 6.07) is 19.2. The summed E-state index contributed by atoms with van der Waals surface area (Å²) in [5, 5.41) is 3.63. The van der Waals surface area contributed by atoms with Gasteiger partial charge < -0.3 is 10.1 Å². The molecular formula is C25H31N3O3. The SMILES string of the molecule is O=C(C=Cc1ccc(N[C@@H]2CCN(Cc3ccccc3)C2)cc1)NOC1CCCCO1. The monoisotopic (exact) mass is 421 g/mol. The Hall–Kier alpha value is -2.67. The van der Waals surface area contributed by atoms with E-state index in [0.29, 0.717) is 12.6 Å². The summed E-state index contributed by atoms with van der Waals surface area (Å²) in [4.78, 5) is 19.7. The summed E-state index contributed by atoms with van der Waals surface area (Å²) < 4.78 is 5.42. The summed E-state index contributed by atoms with van der Waals surface area (Å²) >= 11 is 0. The van der Waals surface area contributed by atoms with E-state index in [1.54, 1.807) is 6.08 Å². The Morgan fingerprint density at radius 2 is 1.94 bits per heavy atom. The minimum Gasteiger partial charge on any atom is -0.381 e. The van der Waals surface area contributed by atoms with Crippen molar-refractivity contribution in [3.63, 3.8) is 0 Å². The van der Waals surface area contributed by atoms with Gasteiger partial charge in [0.1, 0.15) is 0 Å². The first-order valence-electron chi connectivity index (χ1n) is 11.1. The fourth-order valence-corrected chi connectivity index (χ4v) is 4.00. The van der Waals surface area contributed by atoms with Crippen LogP contribution in [-0.2, 0) is 20.9 Å². The van der Waals surface area contributed by atoms with Crippen LogP contribution in [0, 0.1) is 0 Å². The number of likely N-dealkylation sites (tertiary alicyclic amines) is 1. The lowest BCUT2D eigenvalue weighted by Gasteiger charge is -2.21. The van der Waals surface area contributed by atoms with Crippen molar-refractivity contribution in [3.05, 3.63) is 71.8 Å². The van der Waals surface area contributed by atoms with Crippen LogP contribution in [0.5, 0.6) is 0 Å². The average Bonchev–Trinajstić information content (AvgIpc) is 3.25. The van der Waals surface area contributed by atoms with Crippen LogP contribution in [0.2, 0.25) is 0 Å². The van der Waals surface area contributed by atoms with Crippen LogP contribution in [-0.4, -0.2) is 42.8 Å². The van der Waals surface area contributed by atoms with Gasteiger partial charge in [-0.05, 0) is 48.6 Å². The molecule has 4 rings (SSSR count). The van der Waals surface area contributed by atoms with E-state index in [-0.39, 0.29) is 12.2 Å². The van der Waals surface area contributed by atoms with Crippen molar-refractivity contribution in [2.24, 2.45) is 0 Å². The van der Waals surface area contributed by atoms with Crippen LogP contribution in [0.25, 0.3) is 6.08 Å². The first-order valence-corrected chi connectivity index (χ1v) is 11.1. The molecule has 0 bridgehead atoms. The molecule has 2 saturated heterocycles. The van der Waals surface area contributed by atoms with Gasteiger partial charge in [-0.3, -0.25) is 9.69 Å². The number of nitrogens with one attached hydrogen (secondary N) is 2. The van der Waals surface area contributed by atoms with Gasteiger partial charge in [-0.25, -0.2) is 10.3 Å². The van der Waals surface area contributed by atoms with E-state index < -0.39 is 0 Å².